The van der Waals surface area contributed by atoms with Crippen molar-refractivity contribution >= 4 is 21.8 Å². The highest BCUT2D eigenvalue weighted by atomic mass is 16.5. The first-order chi connectivity index (χ1) is 17.7. The van der Waals surface area contributed by atoms with E-state index < -0.39 is 0 Å². The van der Waals surface area contributed by atoms with Crippen LogP contribution in [0.15, 0.2) is 73.0 Å². The summed E-state index contributed by atoms with van der Waals surface area (Å²) in [6, 6.07) is 15.3. The molecular weight excluding hydrogens is 444 g/mol. The van der Waals surface area contributed by atoms with Gasteiger partial charge in [0.05, 0.1) is 22.9 Å². The molecule has 0 aliphatic carbocycles. The average Bonchev–Trinajstić information content (AvgIpc) is 3.55. The van der Waals surface area contributed by atoms with Crippen molar-refractivity contribution in [1.82, 2.24) is 19.9 Å². The van der Waals surface area contributed by atoms with Gasteiger partial charge in [0.1, 0.15) is 24.0 Å². The topological polar surface area (TPSA) is 66.6 Å². The van der Waals surface area contributed by atoms with Crippen LogP contribution in [0.1, 0.15) is 43.9 Å². The number of fused-ring (bicyclic) bond motifs is 6. The van der Waals surface area contributed by atoms with Crippen LogP contribution in [0.4, 0.5) is 0 Å². The minimum atomic E-state index is 0.547. The molecule has 1 aliphatic rings. The first-order valence-electron chi connectivity index (χ1n) is 12.8. The van der Waals surface area contributed by atoms with Gasteiger partial charge in [-0.25, -0.2) is 9.97 Å². The zero-order chi connectivity index (χ0) is 24.5. The van der Waals surface area contributed by atoms with E-state index in [1.807, 2.05) is 6.20 Å². The molecule has 3 aromatic carbocycles. The van der Waals surface area contributed by atoms with Gasteiger partial charge in [0, 0.05) is 23.8 Å². The fourth-order valence-corrected chi connectivity index (χ4v) is 4.94. The van der Waals surface area contributed by atoms with Crippen LogP contribution < -0.4 is 4.74 Å². The Hall–Kier alpha value is -4.12. The predicted molar refractivity (Wildman–Crippen MR) is 147 cm³/mol. The summed E-state index contributed by atoms with van der Waals surface area (Å²) in [7, 11) is 0. The average molecular weight is 475 g/mol. The van der Waals surface area contributed by atoms with Crippen molar-refractivity contribution in [2.45, 2.75) is 46.1 Å². The summed E-state index contributed by atoms with van der Waals surface area (Å²) in [6.07, 6.45) is 14.3. The molecule has 0 saturated heterocycles. The molecule has 180 valence electrons. The van der Waals surface area contributed by atoms with E-state index in [1.165, 1.54) is 16.5 Å². The quantitative estimate of drug-likeness (QED) is 0.238. The van der Waals surface area contributed by atoms with Gasteiger partial charge in [-0.3, -0.25) is 0 Å². The van der Waals surface area contributed by atoms with Gasteiger partial charge in [0.25, 0.3) is 0 Å². The molecule has 0 spiro atoms. The highest BCUT2D eigenvalue weighted by Crippen LogP contribution is 2.42. The first-order valence-corrected chi connectivity index (χ1v) is 12.8. The van der Waals surface area contributed by atoms with E-state index in [2.05, 4.69) is 95.6 Å². The van der Waals surface area contributed by atoms with Crippen molar-refractivity contribution in [3.8, 4) is 28.1 Å². The molecule has 0 radical (unpaired) electrons. The molecule has 36 heavy (non-hydrogen) atoms. The van der Waals surface area contributed by atoms with Crippen LogP contribution in [-0.2, 0) is 19.4 Å². The SMILES string of the molecule is CCC=CCc1ncc(-c2ccc3c(c2)COc2cc4c(ccc5[nH]c(CC=CCC)nc54)cc2-3)[nH]1. The Kier molecular flexibility index (Phi) is 5.90. The minimum Gasteiger partial charge on any atom is -0.488 e. The lowest BCUT2D eigenvalue weighted by molar-refractivity contribution is 0.303. The molecule has 0 amide bonds. The lowest BCUT2D eigenvalue weighted by Gasteiger charge is -2.22. The maximum Gasteiger partial charge on any atom is 0.128 e. The second-order valence-electron chi connectivity index (χ2n) is 9.29. The van der Waals surface area contributed by atoms with Crippen molar-refractivity contribution in [2.24, 2.45) is 0 Å². The summed E-state index contributed by atoms with van der Waals surface area (Å²) in [4.78, 5) is 16.4. The Morgan fingerprint density at radius 2 is 1.69 bits per heavy atom. The molecule has 5 aromatic rings. The van der Waals surface area contributed by atoms with Crippen LogP contribution in [0.3, 0.4) is 0 Å². The van der Waals surface area contributed by atoms with Crippen molar-refractivity contribution in [2.75, 3.05) is 0 Å². The maximum atomic E-state index is 6.27. The largest absolute Gasteiger partial charge is 0.488 e. The number of aromatic amines is 2. The van der Waals surface area contributed by atoms with E-state index in [1.54, 1.807) is 0 Å². The number of hydrogen-bond donors (Lipinski definition) is 2. The summed E-state index contributed by atoms with van der Waals surface area (Å²) in [5.74, 6) is 2.88. The van der Waals surface area contributed by atoms with Gasteiger partial charge in [-0.2, -0.15) is 0 Å². The summed E-state index contributed by atoms with van der Waals surface area (Å²) < 4.78 is 6.27. The molecule has 0 atom stereocenters. The van der Waals surface area contributed by atoms with Crippen molar-refractivity contribution in [3.63, 3.8) is 0 Å². The number of benzene rings is 3. The van der Waals surface area contributed by atoms with E-state index in [0.717, 1.165) is 76.3 Å². The number of allylic oxidation sites excluding steroid dienone is 4. The summed E-state index contributed by atoms with van der Waals surface area (Å²) >= 11 is 0. The molecule has 0 unspecified atom stereocenters. The zero-order valence-corrected chi connectivity index (χ0v) is 20.8. The second kappa shape index (κ2) is 9.50. The van der Waals surface area contributed by atoms with Gasteiger partial charge in [0.2, 0.25) is 0 Å². The third-order valence-electron chi connectivity index (χ3n) is 6.76. The van der Waals surface area contributed by atoms with Crippen LogP contribution >= 0.6 is 0 Å². The van der Waals surface area contributed by atoms with Gasteiger partial charge in [-0.15, -0.1) is 0 Å². The zero-order valence-electron chi connectivity index (χ0n) is 20.8. The Morgan fingerprint density at radius 3 is 2.53 bits per heavy atom. The first kappa shape index (κ1) is 22.4. The summed E-state index contributed by atoms with van der Waals surface area (Å²) in [6.45, 7) is 4.83. The number of nitrogens with zero attached hydrogens (tertiary/aromatic N) is 2. The van der Waals surface area contributed by atoms with Gasteiger partial charge < -0.3 is 14.7 Å². The second-order valence-corrected chi connectivity index (χ2v) is 9.29. The molecule has 0 fully saturated rings. The van der Waals surface area contributed by atoms with E-state index >= 15 is 0 Å². The van der Waals surface area contributed by atoms with E-state index in [4.69, 9.17) is 9.72 Å². The van der Waals surface area contributed by atoms with Crippen LogP contribution in [0.25, 0.3) is 44.2 Å². The third-order valence-corrected chi connectivity index (χ3v) is 6.76. The lowest BCUT2D eigenvalue weighted by Crippen LogP contribution is -2.05. The van der Waals surface area contributed by atoms with Gasteiger partial charge >= 0.3 is 0 Å². The van der Waals surface area contributed by atoms with Crippen LogP contribution in [0, 0.1) is 0 Å². The van der Waals surface area contributed by atoms with E-state index in [9.17, 15) is 0 Å². The van der Waals surface area contributed by atoms with Crippen LogP contribution in [0.2, 0.25) is 0 Å². The lowest BCUT2D eigenvalue weighted by atomic mass is 9.92. The molecule has 2 aromatic heterocycles. The summed E-state index contributed by atoms with van der Waals surface area (Å²) in [5, 5.41) is 2.29. The Balaban J connectivity index is 1.34. The van der Waals surface area contributed by atoms with Crippen LogP contribution in [0.5, 0.6) is 5.75 Å². The molecule has 3 heterocycles. The normalized spacial score (nSPS) is 13.1. The molecule has 6 rings (SSSR count). The minimum absolute atomic E-state index is 0.547. The third kappa shape index (κ3) is 4.11. The standard InChI is InChI=1S/C31H30N4O/c1-3-5-7-9-29-32-18-27(34-29)21-11-13-23-22(15-21)19-36-28-17-24-20(16-25(23)28)12-14-26-31(24)35-30(33-26)10-8-6-4-2/h5-8,11-18H,3-4,9-10,19H2,1-2H3,(H,32,34)(H,33,35). The number of nitrogens with one attached hydrogen (secondary N) is 2. The highest BCUT2D eigenvalue weighted by molar-refractivity contribution is 6.07. The number of hydrogen-bond acceptors (Lipinski definition) is 3. The van der Waals surface area contributed by atoms with E-state index in [0.29, 0.717) is 6.61 Å². The van der Waals surface area contributed by atoms with Gasteiger partial charge in [-0.05, 0) is 59.2 Å². The Morgan fingerprint density at radius 1 is 0.861 bits per heavy atom. The molecule has 2 N–H and O–H groups in total. The Labute approximate surface area is 211 Å². The molecule has 0 bridgehead atoms. The number of H-pyrrole nitrogens is 2. The number of aromatic nitrogens is 4. The number of rotatable bonds is 7. The molecule has 5 nitrogen and oxygen atoms in total. The Bertz CT molecular complexity index is 1620. The number of ether oxygens (including phenoxy) is 1. The predicted octanol–water partition coefficient (Wildman–Crippen LogP) is 7.68. The summed E-state index contributed by atoms with van der Waals surface area (Å²) in [5.41, 5.74) is 7.77. The smallest absolute Gasteiger partial charge is 0.128 e. The van der Waals surface area contributed by atoms with Crippen molar-refractivity contribution < 1.29 is 4.74 Å². The maximum absolute atomic E-state index is 6.27. The fraction of sp³-hybridized carbons (Fsp3) is 0.226. The monoisotopic (exact) mass is 474 g/mol. The van der Waals surface area contributed by atoms with E-state index in [-0.39, 0.29) is 0 Å². The number of imidazole rings is 2. The van der Waals surface area contributed by atoms with Crippen molar-refractivity contribution in [3.05, 3.63) is 90.2 Å². The molecule has 1 aliphatic heterocycles. The fourth-order valence-electron chi connectivity index (χ4n) is 4.94. The van der Waals surface area contributed by atoms with Crippen molar-refractivity contribution in [1.29, 1.82) is 0 Å². The van der Waals surface area contributed by atoms with Gasteiger partial charge in [-0.1, -0.05) is 56.4 Å². The molecule has 0 saturated carbocycles. The van der Waals surface area contributed by atoms with Gasteiger partial charge in [0.15, 0.2) is 0 Å². The highest BCUT2D eigenvalue weighted by Gasteiger charge is 2.20. The van der Waals surface area contributed by atoms with Crippen LogP contribution in [-0.4, -0.2) is 19.9 Å². The molecule has 5 heteroatoms. The molecular formula is C31H30N4O.